The smallest absolute Gasteiger partial charge is 0.288 e. The number of anilines is 1. The van der Waals surface area contributed by atoms with Crippen molar-refractivity contribution in [2.75, 3.05) is 24.9 Å². The number of β-amino-alcohol motifs (C(OH)–C–C–N with tert-alkyl or cyclic N) is 1. The molecular weight excluding hydrogens is 542 g/mol. The van der Waals surface area contributed by atoms with Crippen LogP contribution >= 0.6 is 11.6 Å². The lowest BCUT2D eigenvalue weighted by Gasteiger charge is -2.41. The van der Waals surface area contributed by atoms with Crippen LogP contribution < -0.4 is 4.31 Å². The second kappa shape index (κ2) is 9.67. The Hall–Kier alpha value is -3.38. The van der Waals surface area contributed by atoms with Crippen LogP contribution in [0.1, 0.15) is 28.8 Å². The van der Waals surface area contributed by atoms with Crippen LogP contribution in [0.2, 0.25) is 5.02 Å². The van der Waals surface area contributed by atoms with Crippen molar-refractivity contribution in [3.63, 3.8) is 0 Å². The fourth-order valence-corrected chi connectivity index (χ4v) is 7.06. The maximum atomic E-state index is 14.9. The molecule has 1 N–H and O–H groups in total. The standard InChI is InChI=1S/C27H28ClN5O5S/c1-16-7-10-23(30-14-16)39(37,38)33-21-9-8-18(28)12-20(21)27(26(33)36,24-17(2)6-5-11-29-24)32-15-19(34)13-22(32)25(35)31(3)4/h5-12,14,19,22,34H,13,15H2,1-4H3/t19-,22+,27?/m1/s1. The van der Waals surface area contributed by atoms with Crippen LogP contribution in [0.25, 0.3) is 0 Å². The molecule has 12 heteroatoms. The number of carbonyl (C=O) groups is 2. The van der Waals surface area contributed by atoms with E-state index >= 15 is 0 Å². The molecule has 1 unspecified atom stereocenters. The number of carbonyl (C=O) groups excluding carboxylic acids is 2. The van der Waals surface area contributed by atoms with Gasteiger partial charge in [0, 0.05) is 43.6 Å². The maximum absolute atomic E-state index is 14.9. The summed E-state index contributed by atoms with van der Waals surface area (Å²) in [5.74, 6) is -1.19. The van der Waals surface area contributed by atoms with Gasteiger partial charge < -0.3 is 10.0 Å². The first-order chi connectivity index (χ1) is 18.4. The number of fused-ring (bicyclic) bond motifs is 1. The molecule has 0 aliphatic carbocycles. The van der Waals surface area contributed by atoms with Crippen molar-refractivity contribution in [2.45, 2.75) is 43.0 Å². The van der Waals surface area contributed by atoms with Crippen LogP contribution in [0.15, 0.2) is 59.9 Å². The lowest BCUT2D eigenvalue weighted by molar-refractivity contribution is -0.138. The minimum atomic E-state index is -4.50. The van der Waals surface area contributed by atoms with Crippen molar-refractivity contribution in [3.05, 3.63) is 82.3 Å². The van der Waals surface area contributed by atoms with Crippen molar-refractivity contribution in [1.82, 2.24) is 19.8 Å². The molecule has 1 fully saturated rings. The van der Waals surface area contributed by atoms with E-state index in [9.17, 15) is 23.1 Å². The van der Waals surface area contributed by atoms with Crippen molar-refractivity contribution < 1.29 is 23.1 Å². The van der Waals surface area contributed by atoms with Gasteiger partial charge in [-0.15, -0.1) is 0 Å². The lowest BCUT2D eigenvalue weighted by Crippen LogP contribution is -2.59. The van der Waals surface area contributed by atoms with Crippen molar-refractivity contribution in [3.8, 4) is 0 Å². The molecule has 2 aromatic heterocycles. The van der Waals surface area contributed by atoms with Gasteiger partial charge in [0.2, 0.25) is 5.91 Å². The Balaban J connectivity index is 1.85. The Morgan fingerprint density at radius 1 is 1.15 bits per heavy atom. The number of aliphatic hydroxyl groups is 1. The van der Waals surface area contributed by atoms with Gasteiger partial charge in [-0.05, 0) is 61.7 Å². The largest absolute Gasteiger partial charge is 0.392 e. The Bertz CT molecular complexity index is 1580. The quantitative estimate of drug-likeness (QED) is 0.496. The number of hydrogen-bond acceptors (Lipinski definition) is 8. The molecule has 0 spiro atoms. The van der Waals surface area contributed by atoms with Crippen molar-refractivity contribution in [2.24, 2.45) is 0 Å². The highest BCUT2D eigenvalue weighted by Crippen LogP contribution is 2.53. The molecule has 5 rings (SSSR count). The van der Waals surface area contributed by atoms with Crippen LogP contribution in [0.3, 0.4) is 0 Å². The lowest BCUT2D eigenvalue weighted by atomic mass is 9.82. The van der Waals surface area contributed by atoms with Crippen LogP contribution in [-0.4, -0.2) is 77.9 Å². The van der Waals surface area contributed by atoms with Gasteiger partial charge in [0.25, 0.3) is 15.9 Å². The summed E-state index contributed by atoms with van der Waals surface area (Å²) >= 11 is 6.45. The van der Waals surface area contributed by atoms with Crippen molar-refractivity contribution >= 4 is 39.1 Å². The molecule has 4 heterocycles. The molecule has 1 aromatic carbocycles. The van der Waals surface area contributed by atoms with Gasteiger partial charge in [0.05, 0.1) is 23.5 Å². The topological polar surface area (TPSA) is 124 Å². The van der Waals surface area contributed by atoms with E-state index in [-0.39, 0.29) is 45.9 Å². The van der Waals surface area contributed by atoms with Crippen LogP contribution in [-0.2, 0) is 25.2 Å². The third kappa shape index (κ3) is 4.11. The molecule has 10 nitrogen and oxygen atoms in total. The number of amides is 2. The van der Waals surface area contributed by atoms with Crippen LogP contribution in [0, 0.1) is 13.8 Å². The summed E-state index contributed by atoms with van der Waals surface area (Å²) in [5.41, 5.74) is 0.0541. The number of aromatic nitrogens is 2. The number of nitrogens with zero attached hydrogens (tertiary/aromatic N) is 5. The zero-order chi connectivity index (χ0) is 28.3. The molecule has 39 heavy (non-hydrogen) atoms. The first-order valence-corrected chi connectivity index (χ1v) is 14.1. The van der Waals surface area contributed by atoms with Gasteiger partial charge in [-0.25, -0.2) is 4.98 Å². The molecule has 2 amide bonds. The summed E-state index contributed by atoms with van der Waals surface area (Å²) in [6, 6.07) is 9.97. The average molecular weight is 570 g/mol. The number of halogens is 1. The predicted octanol–water partition coefficient (Wildman–Crippen LogP) is 2.25. The summed E-state index contributed by atoms with van der Waals surface area (Å²) in [6.45, 7) is 3.46. The van der Waals surface area contributed by atoms with E-state index < -0.39 is 33.6 Å². The highest BCUT2D eigenvalue weighted by Gasteiger charge is 2.64. The molecule has 204 valence electrons. The number of benzene rings is 1. The van der Waals surface area contributed by atoms with Crippen LogP contribution in [0.5, 0.6) is 0 Å². The number of sulfonamides is 1. The first kappa shape index (κ1) is 27.2. The third-order valence-electron chi connectivity index (χ3n) is 7.24. The number of pyridine rings is 2. The molecule has 1 saturated heterocycles. The predicted molar refractivity (Wildman–Crippen MR) is 145 cm³/mol. The number of likely N-dealkylation sites (N-methyl/N-ethyl adjacent to an activating group) is 1. The molecule has 3 aromatic rings. The van der Waals surface area contributed by atoms with E-state index in [4.69, 9.17) is 11.6 Å². The fraction of sp³-hybridized carbons (Fsp3) is 0.333. The highest BCUT2D eigenvalue weighted by atomic mass is 35.5. The highest BCUT2D eigenvalue weighted by molar-refractivity contribution is 7.93. The van der Waals surface area contributed by atoms with Gasteiger partial charge >= 0.3 is 0 Å². The molecule has 2 aliphatic rings. The number of aryl methyl sites for hydroxylation is 2. The van der Waals surface area contributed by atoms with E-state index in [0.717, 1.165) is 9.87 Å². The van der Waals surface area contributed by atoms with Gasteiger partial charge in [-0.3, -0.25) is 19.5 Å². The van der Waals surface area contributed by atoms with Crippen LogP contribution in [0.4, 0.5) is 5.69 Å². The number of hydrogen-bond donors (Lipinski definition) is 1. The SMILES string of the molecule is Cc1ccc(S(=O)(=O)N2C(=O)C(c3ncccc3C)(N3C[C@H](O)C[C@H]3C(=O)N(C)C)c3cc(Cl)ccc32)nc1. The zero-order valence-corrected chi connectivity index (χ0v) is 23.4. The Morgan fingerprint density at radius 3 is 2.54 bits per heavy atom. The van der Waals surface area contributed by atoms with Gasteiger partial charge in [-0.1, -0.05) is 23.7 Å². The van der Waals surface area contributed by atoms with Crippen molar-refractivity contribution in [1.29, 1.82) is 0 Å². The van der Waals surface area contributed by atoms with Gasteiger partial charge in [-0.2, -0.15) is 12.7 Å². The molecule has 0 saturated carbocycles. The molecule has 0 radical (unpaired) electrons. The maximum Gasteiger partial charge on any atom is 0.288 e. The summed E-state index contributed by atoms with van der Waals surface area (Å²) in [7, 11) is -1.33. The summed E-state index contributed by atoms with van der Waals surface area (Å²) < 4.78 is 28.8. The first-order valence-electron chi connectivity index (χ1n) is 12.3. The molecule has 0 bridgehead atoms. The molecule has 2 aliphatic heterocycles. The Labute approximate surface area is 231 Å². The normalized spacial score (nSPS) is 23.2. The number of likely N-dealkylation sites (tertiary alicyclic amines) is 1. The Kier molecular flexibility index (Phi) is 6.74. The van der Waals surface area contributed by atoms with E-state index in [0.29, 0.717) is 5.56 Å². The number of rotatable bonds is 5. The second-order valence-corrected chi connectivity index (χ2v) is 12.2. The molecular formula is C27H28ClN5O5S. The summed E-state index contributed by atoms with van der Waals surface area (Å²) in [5, 5.41) is 10.8. The Morgan fingerprint density at radius 2 is 1.90 bits per heavy atom. The van der Waals surface area contributed by atoms with Gasteiger partial charge in [0.1, 0.15) is 0 Å². The monoisotopic (exact) mass is 569 g/mol. The summed E-state index contributed by atoms with van der Waals surface area (Å²) in [6.07, 6.45) is 2.03. The van der Waals surface area contributed by atoms with E-state index in [2.05, 4.69) is 9.97 Å². The second-order valence-electron chi connectivity index (χ2n) is 10.1. The third-order valence-corrected chi connectivity index (χ3v) is 9.09. The summed E-state index contributed by atoms with van der Waals surface area (Å²) in [4.78, 5) is 39.9. The van der Waals surface area contributed by atoms with E-state index in [1.807, 2.05) is 0 Å². The van der Waals surface area contributed by atoms with E-state index in [1.54, 1.807) is 51.0 Å². The average Bonchev–Trinajstić information content (AvgIpc) is 3.39. The minimum absolute atomic E-state index is 0.0556. The minimum Gasteiger partial charge on any atom is -0.392 e. The zero-order valence-electron chi connectivity index (χ0n) is 21.9. The fourth-order valence-electron chi connectivity index (χ4n) is 5.51. The molecule has 3 atom stereocenters. The number of aliphatic hydroxyl groups excluding tert-OH is 1. The van der Waals surface area contributed by atoms with E-state index in [1.165, 1.54) is 41.6 Å². The van der Waals surface area contributed by atoms with Gasteiger partial charge in [0.15, 0.2) is 10.6 Å².